The molecule has 1 aromatic carbocycles. The number of esters is 1. The lowest BCUT2D eigenvalue weighted by molar-refractivity contribution is 0.0525. The largest absolute Gasteiger partial charge is 0.598 e. The summed E-state index contributed by atoms with van der Waals surface area (Å²) in [5.41, 5.74) is 0.462. The molecule has 0 spiro atoms. The SMILES string of the molecule is CCOC(=O)c1ccc([C@@H](CO[Si](C)(C)C(C)(C)C)N[S+]([O-])C(C)(C)C)c(F)c1. The number of benzene rings is 1. The third-order valence-electron chi connectivity index (χ3n) is 5.11. The second kappa shape index (κ2) is 9.92. The summed E-state index contributed by atoms with van der Waals surface area (Å²) in [5.74, 6) is -1.13. The van der Waals surface area contributed by atoms with Gasteiger partial charge in [-0.25, -0.2) is 9.18 Å². The molecular formula is C21H36FNO4SSi. The third kappa shape index (κ3) is 7.36. The molecule has 29 heavy (non-hydrogen) atoms. The Balaban J connectivity index is 3.18. The first-order valence-corrected chi connectivity index (χ1v) is 13.9. The van der Waals surface area contributed by atoms with Crippen LogP contribution in [-0.2, 0) is 20.5 Å². The van der Waals surface area contributed by atoms with Crippen LogP contribution in [0.5, 0.6) is 0 Å². The van der Waals surface area contributed by atoms with Crippen molar-refractivity contribution < 1.29 is 22.9 Å². The maximum Gasteiger partial charge on any atom is 0.338 e. The van der Waals surface area contributed by atoms with E-state index in [2.05, 4.69) is 38.6 Å². The van der Waals surface area contributed by atoms with Crippen LogP contribution in [0.1, 0.15) is 70.4 Å². The van der Waals surface area contributed by atoms with Crippen molar-refractivity contribution >= 4 is 25.6 Å². The van der Waals surface area contributed by atoms with Crippen LogP contribution in [0.15, 0.2) is 18.2 Å². The molecule has 166 valence electrons. The van der Waals surface area contributed by atoms with E-state index in [1.807, 2.05) is 20.8 Å². The van der Waals surface area contributed by atoms with E-state index < -0.39 is 42.3 Å². The minimum atomic E-state index is -2.09. The number of hydrogen-bond donors (Lipinski definition) is 1. The summed E-state index contributed by atoms with van der Waals surface area (Å²) in [6, 6.07) is 3.61. The van der Waals surface area contributed by atoms with Gasteiger partial charge in [-0.05, 0) is 58.0 Å². The topological polar surface area (TPSA) is 70.6 Å². The van der Waals surface area contributed by atoms with Crippen LogP contribution >= 0.6 is 0 Å². The average molecular weight is 446 g/mol. The summed E-state index contributed by atoms with van der Waals surface area (Å²) >= 11 is -1.42. The fraction of sp³-hybridized carbons (Fsp3) is 0.667. The van der Waals surface area contributed by atoms with Crippen molar-refractivity contribution in [2.45, 2.75) is 77.4 Å². The molecule has 1 N–H and O–H groups in total. The zero-order valence-corrected chi connectivity index (χ0v) is 21.0. The fourth-order valence-corrected chi connectivity index (χ4v) is 3.98. The van der Waals surface area contributed by atoms with Gasteiger partial charge in [-0.1, -0.05) is 26.8 Å². The Hall–Kier alpha value is -0.933. The lowest BCUT2D eigenvalue weighted by Crippen LogP contribution is -2.46. The first kappa shape index (κ1) is 26.1. The number of hydrogen-bond acceptors (Lipinski definition) is 5. The third-order valence-corrected chi connectivity index (χ3v) is 11.2. The van der Waals surface area contributed by atoms with Crippen LogP contribution < -0.4 is 4.72 Å². The molecule has 0 amide bonds. The van der Waals surface area contributed by atoms with Crippen LogP contribution in [-0.4, -0.2) is 36.8 Å². The van der Waals surface area contributed by atoms with Crippen LogP contribution in [0.4, 0.5) is 4.39 Å². The smallest absolute Gasteiger partial charge is 0.338 e. The van der Waals surface area contributed by atoms with E-state index in [9.17, 15) is 13.7 Å². The second-order valence-corrected chi connectivity index (χ2v) is 16.4. The van der Waals surface area contributed by atoms with E-state index in [-0.39, 0.29) is 23.8 Å². The highest BCUT2D eigenvalue weighted by molar-refractivity contribution is 7.90. The molecule has 0 heterocycles. The van der Waals surface area contributed by atoms with Crippen LogP contribution in [0.25, 0.3) is 0 Å². The van der Waals surface area contributed by atoms with Crippen molar-refractivity contribution in [1.29, 1.82) is 0 Å². The Morgan fingerprint density at radius 3 is 2.28 bits per heavy atom. The zero-order valence-electron chi connectivity index (χ0n) is 19.1. The Morgan fingerprint density at radius 1 is 1.24 bits per heavy atom. The summed E-state index contributed by atoms with van der Waals surface area (Å²) in [7, 11) is -2.09. The van der Waals surface area contributed by atoms with Gasteiger partial charge in [0.2, 0.25) is 0 Å². The van der Waals surface area contributed by atoms with Crippen molar-refractivity contribution in [2.75, 3.05) is 13.2 Å². The number of carbonyl (C=O) groups excluding carboxylic acids is 1. The van der Waals surface area contributed by atoms with Gasteiger partial charge in [0.1, 0.15) is 16.6 Å². The van der Waals surface area contributed by atoms with Gasteiger partial charge in [0, 0.05) is 16.9 Å². The Morgan fingerprint density at radius 2 is 1.83 bits per heavy atom. The molecule has 0 saturated heterocycles. The quantitative estimate of drug-likeness (QED) is 0.342. The van der Waals surface area contributed by atoms with E-state index in [1.165, 1.54) is 12.1 Å². The van der Waals surface area contributed by atoms with E-state index in [0.717, 1.165) is 6.07 Å². The molecule has 1 unspecified atom stereocenters. The predicted molar refractivity (Wildman–Crippen MR) is 119 cm³/mol. The summed E-state index contributed by atoms with van der Waals surface area (Å²) < 4.78 is 41.3. The second-order valence-electron chi connectivity index (χ2n) is 9.58. The Bertz CT molecular complexity index is 701. The van der Waals surface area contributed by atoms with Crippen molar-refractivity contribution in [2.24, 2.45) is 0 Å². The fourth-order valence-electron chi connectivity index (χ4n) is 2.15. The molecule has 0 aliphatic heterocycles. The lowest BCUT2D eigenvalue weighted by atomic mass is 10.1. The lowest BCUT2D eigenvalue weighted by Gasteiger charge is -2.37. The van der Waals surface area contributed by atoms with Gasteiger partial charge in [-0.3, -0.25) is 0 Å². The molecular weight excluding hydrogens is 409 g/mol. The number of rotatable bonds is 8. The molecule has 0 fully saturated rings. The molecule has 0 radical (unpaired) electrons. The molecule has 0 aliphatic carbocycles. The molecule has 0 bridgehead atoms. The predicted octanol–water partition coefficient (Wildman–Crippen LogP) is 5.12. The number of ether oxygens (including phenoxy) is 1. The van der Waals surface area contributed by atoms with E-state index in [1.54, 1.807) is 6.92 Å². The van der Waals surface area contributed by atoms with E-state index >= 15 is 0 Å². The molecule has 0 aromatic heterocycles. The molecule has 8 heteroatoms. The number of carbonyl (C=O) groups is 1. The minimum absolute atomic E-state index is 0.00690. The standard InChI is InChI=1S/C21H36FNO4SSi/c1-10-26-19(24)15-11-12-16(17(22)13-15)18(23-28(25)20(2,3)4)14-27-29(8,9)21(5,6)7/h11-13,18,23H,10,14H2,1-9H3/t18-,28?/m1/s1. The summed E-state index contributed by atoms with van der Waals surface area (Å²) in [4.78, 5) is 11.9. The van der Waals surface area contributed by atoms with Crippen molar-refractivity contribution in [3.05, 3.63) is 35.1 Å². The molecule has 0 aliphatic rings. The Labute approximate surface area is 179 Å². The summed E-state index contributed by atoms with van der Waals surface area (Å²) in [6.45, 7) is 18.3. The van der Waals surface area contributed by atoms with Crippen molar-refractivity contribution in [1.82, 2.24) is 4.72 Å². The first-order chi connectivity index (χ1) is 13.1. The number of nitrogens with one attached hydrogen (secondary N) is 1. The summed E-state index contributed by atoms with van der Waals surface area (Å²) in [6.07, 6.45) is 0. The Kier molecular flexibility index (Phi) is 8.93. The molecule has 0 saturated carbocycles. The maximum absolute atomic E-state index is 14.9. The van der Waals surface area contributed by atoms with Crippen LogP contribution in [0.2, 0.25) is 18.1 Å². The first-order valence-electron chi connectivity index (χ1n) is 9.88. The molecule has 5 nitrogen and oxygen atoms in total. The van der Waals surface area contributed by atoms with Crippen LogP contribution in [0.3, 0.4) is 0 Å². The monoisotopic (exact) mass is 445 g/mol. The normalized spacial score (nSPS) is 15.1. The zero-order chi connectivity index (χ0) is 22.6. The van der Waals surface area contributed by atoms with E-state index in [4.69, 9.17) is 9.16 Å². The van der Waals surface area contributed by atoms with Crippen molar-refractivity contribution in [3.8, 4) is 0 Å². The average Bonchev–Trinajstić information content (AvgIpc) is 2.56. The maximum atomic E-state index is 14.9. The highest BCUT2D eigenvalue weighted by atomic mass is 32.2. The van der Waals surface area contributed by atoms with Gasteiger partial charge < -0.3 is 13.7 Å². The van der Waals surface area contributed by atoms with Gasteiger partial charge >= 0.3 is 5.97 Å². The summed E-state index contributed by atoms with van der Waals surface area (Å²) in [5, 5.41) is -0.00690. The molecule has 1 rings (SSSR count). The van der Waals surface area contributed by atoms with Gasteiger partial charge in [-0.2, -0.15) is 0 Å². The molecule has 2 atom stereocenters. The van der Waals surface area contributed by atoms with Crippen molar-refractivity contribution in [3.63, 3.8) is 0 Å². The van der Waals surface area contributed by atoms with E-state index in [0.29, 0.717) is 5.56 Å². The van der Waals surface area contributed by atoms with Crippen LogP contribution in [0, 0.1) is 5.82 Å². The van der Waals surface area contributed by atoms with Gasteiger partial charge in [0.25, 0.3) is 0 Å². The van der Waals surface area contributed by atoms with Gasteiger partial charge in [-0.15, -0.1) is 4.72 Å². The van der Waals surface area contributed by atoms with Gasteiger partial charge in [0.05, 0.1) is 18.8 Å². The number of halogens is 1. The minimum Gasteiger partial charge on any atom is -0.598 e. The highest BCUT2D eigenvalue weighted by Crippen LogP contribution is 2.37. The van der Waals surface area contributed by atoms with Gasteiger partial charge in [0.15, 0.2) is 8.32 Å². The highest BCUT2D eigenvalue weighted by Gasteiger charge is 2.39. The molecule has 1 aromatic rings.